The van der Waals surface area contributed by atoms with Crippen LogP contribution in [-0.4, -0.2) is 35.4 Å². The van der Waals surface area contributed by atoms with Crippen LogP contribution in [0.25, 0.3) is 0 Å². The van der Waals surface area contributed by atoms with Crippen molar-refractivity contribution in [3.05, 3.63) is 63.6 Å². The zero-order valence-corrected chi connectivity index (χ0v) is 20.0. The van der Waals surface area contributed by atoms with Gasteiger partial charge in [0, 0.05) is 12.6 Å². The van der Waals surface area contributed by atoms with Crippen LogP contribution < -0.4 is 10.1 Å². The number of halogens is 2. The van der Waals surface area contributed by atoms with E-state index < -0.39 is 6.04 Å². The molecule has 2 aromatic rings. The predicted octanol–water partition coefficient (Wildman–Crippen LogP) is 5.40. The summed E-state index contributed by atoms with van der Waals surface area (Å²) in [5, 5.41) is 3.82. The van der Waals surface area contributed by atoms with Crippen molar-refractivity contribution in [1.82, 2.24) is 10.2 Å². The van der Waals surface area contributed by atoms with Crippen LogP contribution in [0.2, 0.25) is 10.0 Å². The van der Waals surface area contributed by atoms with Gasteiger partial charge in [-0.1, -0.05) is 61.3 Å². The first-order valence-electron chi connectivity index (χ1n) is 10.5. The Morgan fingerprint density at radius 2 is 1.77 bits per heavy atom. The Kier molecular flexibility index (Phi) is 9.66. The molecule has 0 aliphatic heterocycles. The summed E-state index contributed by atoms with van der Waals surface area (Å²) in [6.45, 7) is 7.80. The minimum Gasteiger partial charge on any atom is -0.484 e. The Hall–Kier alpha value is -2.24. The summed E-state index contributed by atoms with van der Waals surface area (Å²) >= 11 is 12.2. The number of nitrogens with one attached hydrogen (secondary N) is 1. The number of hydrogen-bond acceptors (Lipinski definition) is 3. The van der Waals surface area contributed by atoms with Crippen molar-refractivity contribution in [2.75, 3.05) is 6.61 Å². The summed E-state index contributed by atoms with van der Waals surface area (Å²) in [6, 6.07) is 12.1. The van der Waals surface area contributed by atoms with Gasteiger partial charge in [0.25, 0.3) is 5.91 Å². The number of benzene rings is 2. The third kappa shape index (κ3) is 7.15. The van der Waals surface area contributed by atoms with Gasteiger partial charge >= 0.3 is 0 Å². The predicted molar refractivity (Wildman–Crippen MR) is 126 cm³/mol. The Labute approximate surface area is 194 Å². The van der Waals surface area contributed by atoms with Crippen molar-refractivity contribution in [3.63, 3.8) is 0 Å². The molecule has 0 aliphatic carbocycles. The molecule has 0 heterocycles. The molecule has 5 nitrogen and oxygen atoms in total. The van der Waals surface area contributed by atoms with Crippen molar-refractivity contribution < 1.29 is 14.3 Å². The molecule has 0 spiro atoms. The summed E-state index contributed by atoms with van der Waals surface area (Å²) in [4.78, 5) is 27.7. The Morgan fingerprint density at radius 1 is 1.06 bits per heavy atom. The van der Waals surface area contributed by atoms with Gasteiger partial charge in [-0.2, -0.15) is 0 Å². The van der Waals surface area contributed by atoms with Gasteiger partial charge in [0.1, 0.15) is 11.8 Å². The van der Waals surface area contributed by atoms with Crippen LogP contribution in [0.15, 0.2) is 42.5 Å². The zero-order chi connectivity index (χ0) is 23.0. The molecule has 7 heteroatoms. The number of aryl methyl sites for hydroxylation is 1. The number of nitrogens with zero attached hydrogens (tertiary/aromatic N) is 1. The van der Waals surface area contributed by atoms with E-state index in [9.17, 15) is 9.59 Å². The molecule has 0 aliphatic rings. The first-order chi connectivity index (χ1) is 14.8. The van der Waals surface area contributed by atoms with Crippen molar-refractivity contribution in [2.45, 2.75) is 59.2 Å². The van der Waals surface area contributed by atoms with E-state index in [1.165, 1.54) is 0 Å². The maximum Gasteiger partial charge on any atom is 0.261 e. The molecular weight excluding hydrogens is 435 g/mol. The first-order valence-corrected chi connectivity index (χ1v) is 11.2. The first kappa shape index (κ1) is 25.0. The SMILES string of the molecule is CC[C@H](C(=O)N[C@@H](C)CC)N(Cc1ccc(Cl)c(Cl)c1)C(=O)COc1ccccc1C. The lowest BCUT2D eigenvalue weighted by Gasteiger charge is -2.31. The summed E-state index contributed by atoms with van der Waals surface area (Å²) in [7, 11) is 0. The van der Waals surface area contributed by atoms with Gasteiger partial charge < -0.3 is 15.0 Å². The highest BCUT2D eigenvalue weighted by molar-refractivity contribution is 6.42. The number of hydrogen-bond donors (Lipinski definition) is 1. The van der Waals surface area contributed by atoms with Gasteiger partial charge in [-0.25, -0.2) is 0 Å². The van der Waals surface area contributed by atoms with Gasteiger partial charge in [-0.15, -0.1) is 0 Å². The van der Waals surface area contributed by atoms with Crippen molar-refractivity contribution in [2.24, 2.45) is 0 Å². The van der Waals surface area contributed by atoms with Crippen molar-refractivity contribution in [3.8, 4) is 5.75 Å². The third-order valence-corrected chi connectivity index (χ3v) is 5.91. The minimum absolute atomic E-state index is 0.0201. The average Bonchev–Trinajstić information content (AvgIpc) is 2.75. The number of carbonyl (C=O) groups excluding carboxylic acids is 2. The molecule has 0 unspecified atom stereocenters. The number of para-hydroxylation sites is 1. The monoisotopic (exact) mass is 464 g/mol. The lowest BCUT2D eigenvalue weighted by Crippen LogP contribution is -2.51. The molecule has 2 amide bonds. The Morgan fingerprint density at radius 3 is 2.39 bits per heavy atom. The normalized spacial score (nSPS) is 12.7. The maximum atomic E-state index is 13.2. The smallest absolute Gasteiger partial charge is 0.261 e. The topological polar surface area (TPSA) is 58.6 Å². The average molecular weight is 465 g/mol. The largest absolute Gasteiger partial charge is 0.484 e. The number of amides is 2. The van der Waals surface area contributed by atoms with Crippen LogP contribution in [0.3, 0.4) is 0 Å². The Bertz CT molecular complexity index is 904. The molecule has 0 saturated carbocycles. The molecule has 0 radical (unpaired) electrons. The molecule has 168 valence electrons. The van der Waals surface area contributed by atoms with E-state index in [-0.39, 0.29) is 31.0 Å². The fourth-order valence-corrected chi connectivity index (χ4v) is 3.46. The van der Waals surface area contributed by atoms with Crippen molar-refractivity contribution >= 4 is 35.0 Å². The van der Waals surface area contributed by atoms with E-state index in [0.717, 1.165) is 17.5 Å². The molecule has 0 aromatic heterocycles. The van der Waals surface area contributed by atoms with E-state index in [4.69, 9.17) is 27.9 Å². The van der Waals surface area contributed by atoms with Gasteiger partial charge in [-0.05, 0) is 56.0 Å². The lowest BCUT2D eigenvalue weighted by molar-refractivity contribution is -0.143. The van der Waals surface area contributed by atoms with E-state index in [2.05, 4.69) is 5.32 Å². The number of carbonyl (C=O) groups is 2. The zero-order valence-electron chi connectivity index (χ0n) is 18.5. The third-order valence-electron chi connectivity index (χ3n) is 5.17. The highest BCUT2D eigenvalue weighted by Crippen LogP contribution is 2.24. The summed E-state index contributed by atoms with van der Waals surface area (Å²) in [6.07, 6.45) is 1.28. The fraction of sp³-hybridized carbons (Fsp3) is 0.417. The van der Waals surface area contributed by atoms with E-state index in [1.807, 2.05) is 52.0 Å². The number of ether oxygens (including phenoxy) is 1. The Balaban J connectivity index is 2.26. The van der Waals surface area contributed by atoms with Gasteiger partial charge in [0.05, 0.1) is 10.0 Å². The summed E-state index contributed by atoms with van der Waals surface area (Å²) in [5.74, 6) is 0.184. The standard InChI is InChI=1S/C24H30Cl2N2O3/c1-5-17(4)27-24(30)21(6-2)28(14-18-11-12-19(25)20(26)13-18)23(29)15-31-22-10-8-7-9-16(22)3/h7-13,17,21H,5-6,14-15H2,1-4H3,(H,27,30)/t17-,21+/m0/s1. The van der Waals surface area contributed by atoms with E-state index >= 15 is 0 Å². The summed E-state index contributed by atoms with van der Waals surface area (Å²) in [5.41, 5.74) is 1.72. The molecule has 0 bridgehead atoms. The van der Waals surface area contributed by atoms with E-state index in [0.29, 0.717) is 22.2 Å². The van der Waals surface area contributed by atoms with Crippen LogP contribution in [0.1, 0.15) is 44.7 Å². The minimum atomic E-state index is -0.628. The van der Waals surface area contributed by atoms with Crippen LogP contribution >= 0.6 is 23.2 Å². The molecule has 0 saturated heterocycles. The molecule has 1 N–H and O–H groups in total. The number of rotatable bonds is 10. The molecule has 2 rings (SSSR count). The second-order valence-corrected chi connectivity index (χ2v) is 8.38. The highest BCUT2D eigenvalue weighted by Gasteiger charge is 2.29. The molecule has 2 aromatic carbocycles. The van der Waals surface area contributed by atoms with Gasteiger partial charge in [-0.3, -0.25) is 9.59 Å². The highest BCUT2D eigenvalue weighted by atomic mass is 35.5. The second-order valence-electron chi connectivity index (χ2n) is 7.57. The van der Waals surface area contributed by atoms with Crippen LogP contribution in [0.4, 0.5) is 0 Å². The van der Waals surface area contributed by atoms with Gasteiger partial charge in [0.15, 0.2) is 6.61 Å². The molecular formula is C24H30Cl2N2O3. The summed E-state index contributed by atoms with van der Waals surface area (Å²) < 4.78 is 5.77. The fourth-order valence-electron chi connectivity index (χ4n) is 3.14. The molecule has 2 atom stereocenters. The maximum absolute atomic E-state index is 13.2. The quantitative estimate of drug-likeness (QED) is 0.511. The van der Waals surface area contributed by atoms with Gasteiger partial charge in [0.2, 0.25) is 5.91 Å². The lowest BCUT2D eigenvalue weighted by atomic mass is 10.1. The van der Waals surface area contributed by atoms with Crippen LogP contribution in [-0.2, 0) is 16.1 Å². The van der Waals surface area contributed by atoms with E-state index in [1.54, 1.807) is 23.1 Å². The van der Waals surface area contributed by atoms with Crippen LogP contribution in [0, 0.1) is 6.92 Å². The molecule has 0 fully saturated rings. The molecule has 31 heavy (non-hydrogen) atoms. The van der Waals surface area contributed by atoms with Crippen LogP contribution in [0.5, 0.6) is 5.75 Å². The second kappa shape index (κ2) is 12.0. The van der Waals surface area contributed by atoms with Crippen molar-refractivity contribution in [1.29, 1.82) is 0 Å².